The number of aliphatic hydroxyl groups is 1. The topological polar surface area (TPSA) is 41.5 Å². The molecule has 1 aliphatic carbocycles. The number of hydrogen-bond donors (Lipinski definition) is 2. The fourth-order valence-corrected chi connectivity index (χ4v) is 2.50. The van der Waals surface area contributed by atoms with Crippen molar-refractivity contribution < 1.29 is 9.84 Å². The van der Waals surface area contributed by atoms with Crippen LogP contribution >= 0.6 is 11.8 Å². The third kappa shape index (κ3) is 4.98. The molecule has 1 saturated carbocycles. The third-order valence-electron chi connectivity index (χ3n) is 2.90. The first kappa shape index (κ1) is 13.9. The van der Waals surface area contributed by atoms with Crippen LogP contribution in [0.5, 0.6) is 0 Å². The molecule has 2 rings (SSSR count). The summed E-state index contributed by atoms with van der Waals surface area (Å²) in [5.41, 5.74) is 1.32. The molecule has 4 heteroatoms. The van der Waals surface area contributed by atoms with Gasteiger partial charge in [0, 0.05) is 30.3 Å². The largest absolute Gasteiger partial charge is 0.390 e. The average Bonchev–Trinajstić information content (AvgIpc) is 3.19. The highest BCUT2D eigenvalue weighted by atomic mass is 32.2. The van der Waals surface area contributed by atoms with Gasteiger partial charge in [-0.3, -0.25) is 0 Å². The minimum absolute atomic E-state index is 0.392. The number of thioether (sulfide) groups is 1. The molecule has 0 aliphatic heterocycles. The SMILES string of the molecule is COCC(O)CSc1ccc(CNC2CC2)cc1. The van der Waals surface area contributed by atoms with Gasteiger partial charge < -0.3 is 15.2 Å². The number of rotatable bonds is 8. The summed E-state index contributed by atoms with van der Waals surface area (Å²) >= 11 is 1.66. The molecule has 0 amide bonds. The Labute approximate surface area is 113 Å². The Bertz CT molecular complexity index is 351. The number of methoxy groups -OCH3 is 1. The van der Waals surface area contributed by atoms with Crippen LogP contribution in [0.2, 0.25) is 0 Å². The normalized spacial score (nSPS) is 16.8. The summed E-state index contributed by atoms with van der Waals surface area (Å²) < 4.78 is 4.90. The van der Waals surface area contributed by atoms with Gasteiger partial charge in [0.15, 0.2) is 0 Å². The molecule has 0 radical (unpaired) electrons. The van der Waals surface area contributed by atoms with Gasteiger partial charge in [0.25, 0.3) is 0 Å². The molecule has 0 aromatic heterocycles. The summed E-state index contributed by atoms with van der Waals surface area (Å²) in [7, 11) is 1.61. The van der Waals surface area contributed by atoms with Crippen LogP contribution in [0.1, 0.15) is 18.4 Å². The van der Waals surface area contributed by atoms with E-state index in [4.69, 9.17) is 4.74 Å². The average molecular weight is 267 g/mol. The lowest BCUT2D eigenvalue weighted by atomic mass is 10.2. The highest BCUT2D eigenvalue weighted by molar-refractivity contribution is 7.99. The Hall–Kier alpha value is -0.550. The minimum atomic E-state index is -0.392. The van der Waals surface area contributed by atoms with Crippen molar-refractivity contribution in [3.05, 3.63) is 29.8 Å². The van der Waals surface area contributed by atoms with Crippen molar-refractivity contribution in [2.75, 3.05) is 19.5 Å². The van der Waals surface area contributed by atoms with Crippen LogP contribution in [0.4, 0.5) is 0 Å². The lowest BCUT2D eigenvalue weighted by Crippen LogP contribution is -2.16. The Morgan fingerprint density at radius 1 is 1.39 bits per heavy atom. The van der Waals surface area contributed by atoms with Gasteiger partial charge in [0.2, 0.25) is 0 Å². The van der Waals surface area contributed by atoms with E-state index in [0.29, 0.717) is 12.4 Å². The van der Waals surface area contributed by atoms with E-state index in [1.54, 1.807) is 18.9 Å². The van der Waals surface area contributed by atoms with Gasteiger partial charge in [0.05, 0.1) is 12.7 Å². The molecule has 0 heterocycles. The van der Waals surface area contributed by atoms with Gasteiger partial charge in [-0.15, -0.1) is 11.8 Å². The van der Waals surface area contributed by atoms with E-state index in [9.17, 15) is 5.11 Å². The molecule has 2 N–H and O–H groups in total. The molecule has 18 heavy (non-hydrogen) atoms. The van der Waals surface area contributed by atoms with Gasteiger partial charge in [0.1, 0.15) is 0 Å². The molecule has 1 unspecified atom stereocenters. The van der Waals surface area contributed by atoms with Crippen LogP contribution in [0, 0.1) is 0 Å². The Balaban J connectivity index is 1.72. The van der Waals surface area contributed by atoms with Crippen molar-refractivity contribution in [2.24, 2.45) is 0 Å². The summed E-state index contributed by atoms with van der Waals surface area (Å²) in [5, 5.41) is 13.1. The smallest absolute Gasteiger partial charge is 0.0867 e. The molecule has 0 bridgehead atoms. The van der Waals surface area contributed by atoms with Crippen molar-refractivity contribution in [2.45, 2.75) is 36.4 Å². The van der Waals surface area contributed by atoms with Crippen LogP contribution in [0.15, 0.2) is 29.2 Å². The highest BCUT2D eigenvalue weighted by Crippen LogP contribution is 2.21. The number of benzene rings is 1. The molecular formula is C14H21NO2S. The van der Waals surface area contributed by atoms with E-state index in [0.717, 1.165) is 12.6 Å². The summed E-state index contributed by atoms with van der Waals surface area (Å²) in [5.74, 6) is 0.674. The quantitative estimate of drug-likeness (QED) is 0.707. The van der Waals surface area contributed by atoms with Crippen LogP contribution in [-0.2, 0) is 11.3 Å². The number of ether oxygens (including phenoxy) is 1. The zero-order valence-corrected chi connectivity index (χ0v) is 11.6. The molecule has 1 atom stereocenters. The van der Waals surface area contributed by atoms with E-state index in [1.807, 2.05) is 0 Å². The Kier molecular flexibility index (Phi) is 5.50. The van der Waals surface area contributed by atoms with E-state index < -0.39 is 6.10 Å². The Morgan fingerprint density at radius 3 is 2.72 bits per heavy atom. The van der Waals surface area contributed by atoms with Crippen LogP contribution in [0.25, 0.3) is 0 Å². The standard InChI is InChI=1S/C14H21NO2S/c1-17-9-13(16)10-18-14-6-2-11(3-7-14)8-15-12-4-5-12/h2-3,6-7,12-13,15-16H,4-5,8-10H2,1H3. The van der Waals surface area contributed by atoms with Crippen LogP contribution < -0.4 is 5.32 Å². The summed E-state index contributed by atoms with van der Waals surface area (Å²) in [6.45, 7) is 1.36. The second-order valence-corrected chi connectivity index (χ2v) is 5.81. The highest BCUT2D eigenvalue weighted by Gasteiger charge is 2.19. The zero-order valence-electron chi connectivity index (χ0n) is 10.8. The molecule has 1 aliphatic rings. The molecule has 100 valence electrons. The fraction of sp³-hybridized carbons (Fsp3) is 0.571. The first-order valence-electron chi connectivity index (χ1n) is 6.40. The van der Waals surface area contributed by atoms with E-state index >= 15 is 0 Å². The van der Waals surface area contributed by atoms with Gasteiger partial charge in [-0.25, -0.2) is 0 Å². The van der Waals surface area contributed by atoms with Crippen LogP contribution in [-0.4, -0.2) is 36.7 Å². The summed E-state index contributed by atoms with van der Waals surface area (Å²) in [4.78, 5) is 1.19. The molecule has 1 aromatic rings. The third-order valence-corrected chi connectivity index (χ3v) is 4.05. The monoisotopic (exact) mass is 267 g/mol. The second-order valence-electron chi connectivity index (χ2n) is 4.72. The number of nitrogens with one attached hydrogen (secondary N) is 1. The number of aliphatic hydroxyl groups excluding tert-OH is 1. The Morgan fingerprint density at radius 2 is 2.11 bits per heavy atom. The molecule has 1 aromatic carbocycles. The minimum Gasteiger partial charge on any atom is -0.390 e. The summed E-state index contributed by atoms with van der Waals surface area (Å²) in [6.07, 6.45) is 2.26. The van der Waals surface area contributed by atoms with Gasteiger partial charge in [-0.2, -0.15) is 0 Å². The maximum Gasteiger partial charge on any atom is 0.0867 e. The van der Waals surface area contributed by atoms with Crippen molar-refractivity contribution in [1.29, 1.82) is 0 Å². The van der Waals surface area contributed by atoms with E-state index in [-0.39, 0.29) is 0 Å². The molecule has 3 nitrogen and oxygen atoms in total. The molecular weight excluding hydrogens is 246 g/mol. The van der Waals surface area contributed by atoms with E-state index in [2.05, 4.69) is 29.6 Å². The number of hydrogen-bond acceptors (Lipinski definition) is 4. The predicted octanol–water partition coefficient (Wildman–Crippen LogP) is 2.04. The van der Waals surface area contributed by atoms with Crippen molar-refractivity contribution in [3.8, 4) is 0 Å². The fourth-order valence-electron chi connectivity index (χ4n) is 1.69. The maximum absolute atomic E-state index is 9.56. The molecule has 1 fully saturated rings. The lowest BCUT2D eigenvalue weighted by molar-refractivity contribution is 0.0794. The molecule has 0 spiro atoms. The van der Waals surface area contributed by atoms with Gasteiger partial charge in [-0.05, 0) is 30.5 Å². The summed E-state index contributed by atoms with van der Waals surface area (Å²) in [6, 6.07) is 9.30. The lowest BCUT2D eigenvalue weighted by Gasteiger charge is -2.09. The van der Waals surface area contributed by atoms with E-state index in [1.165, 1.54) is 23.3 Å². The first-order valence-corrected chi connectivity index (χ1v) is 7.38. The predicted molar refractivity (Wildman–Crippen MR) is 74.9 cm³/mol. The zero-order chi connectivity index (χ0) is 12.8. The van der Waals surface area contributed by atoms with Gasteiger partial charge in [-0.1, -0.05) is 12.1 Å². The molecule has 0 saturated heterocycles. The second kappa shape index (κ2) is 7.14. The van der Waals surface area contributed by atoms with Crippen LogP contribution in [0.3, 0.4) is 0 Å². The first-order chi connectivity index (χ1) is 8.78. The van der Waals surface area contributed by atoms with Crippen molar-refractivity contribution in [3.63, 3.8) is 0 Å². The van der Waals surface area contributed by atoms with Crippen molar-refractivity contribution in [1.82, 2.24) is 5.32 Å². The van der Waals surface area contributed by atoms with Gasteiger partial charge >= 0.3 is 0 Å². The van der Waals surface area contributed by atoms with Crippen molar-refractivity contribution >= 4 is 11.8 Å². The maximum atomic E-state index is 9.56.